The molecule has 0 fully saturated rings. The zero-order valence-electron chi connectivity index (χ0n) is 7.32. The van der Waals surface area contributed by atoms with Gasteiger partial charge in [0.25, 0.3) is 0 Å². The third-order valence-electron chi connectivity index (χ3n) is 1.17. The Morgan fingerprint density at radius 2 is 2.08 bits per heavy atom. The van der Waals surface area contributed by atoms with Crippen molar-refractivity contribution in [2.24, 2.45) is 0 Å². The molecule has 0 heterocycles. The monoisotopic (exact) mass is 170 g/mol. The summed E-state index contributed by atoms with van der Waals surface area (Å²) in [5.74, 6) is -0.0834. The van der Waals surface area contributed by atoms with Crippen LogP contribution in [0.3, 0.4) is 0 Å². The van der Waals surface area contributed by atoms with E-state index in [-0.39, 0.29) is 12.4 Å². The number of rotatable bonds is 4. The average molecular weight is 170 g/mol. The predicted octanol–water partition coefficient (Wildman–Crippen LogP) is 0.431. The second-order valence-corrected chi connectivity index (χ2v) is 2.58. The Labute approximate surface area is 72.0 Å². The van der Waals surface area contributed by atoms with E-state index in [1.54, 1.807) is 6.92 Å². The van der Waals surface area contributed by atoms with Gasteiger partial charge in [0.2, 0.25) is 0 Å². The van der Waals surface area contributed by atoms with Gasteiger partial charge >= 0.3 is 0 Å². The first-order valence-electron chi connectivity index (χ1n) is 3.74. The third kappa shape index (κ3) is 5.82. The van der Waals surface area contributed by atoms with E-state index < -0.39 is 6.10 Å². The van der Waals surface area contributed by atoms with E-state index in [9.17, 15) is 4.79 Å². The van der Waals surface area contributed by atoms with Gasteiger partial charge in [-0.2, -0.15) is 0 Å². The second kappa shape index (κ2) is 5.69. The summed E-state index contributed by atoms with van der Waals surface area (Å²) >= 11 is 0. The minimum atomic E-state index is -0.608. The lowest BCUT2D eigenvalue weighted by Gasteiger charge is -1.98. The highest BCUT2D eigenvalue weighted by molar-refractivity contribution is 5.87. The Balaban J connectivity index is 4.27. The van der Waals surface area contributed by atoms with Gasteiger partial charge in [0.1, 0.15) is 0 Å². The number of carbonyl (C=O) groups is 1. The topological polar surface area (TPSA) is 57.5 Å². The molecular formula is C9H14O3. The number of allylic oxidation sites excluding steroid dienone is 1. The molecule has 0 aromatic heterocycles. The third-order valence-corrected chi connectivity index (χ3v) is 1.17. The first kappa shape index (κ1) is 11.1. The molecule has 1 atom stereocenters. The van der Waals surface area contributed by atoms with Crippen molar-refractivity contribution < 1.29 is 15.0 Å². The fourth-order valence-corrected chi connectivity index (χ4v) is 0.695. The molecule has 0 spiro atoms. The molecule has 2 N–H and O–H groups in total. The van der Waals surface area contributed by atoms with Crippen molar-refractivity contribution in [3.8, 4) is 0 Å². The van der Waals surface area contributed by atoms with Crippen LogP contribution in [-0.4, -0.2) is 28.7 Å². The fourth-order valence-electron chi connectivity index (χ4n) is 0.695. The summed E-state index contributed by atoms with van der Waals surface area (Å²) in [6.07, 6.45) is 3.72. The Bertz CT molecular complexity index is 202. The molecular weight excluding hydrogens is 156 g/mol. The highest BCUT2D eigenvalue weighted by Crippen LogP contribution is 1.98. The predicted molar refractivity (Wildman–Crippen MR) is 46.7 cm³/mol. The molecule has 0 aromatic rings. The first-order chi connectivity index (χ1) is 5.56. The Hall–Kier alpha value is -0.930. The Morgan fingerprint density at radius 3 is 2.42 bits per heavy atom. The van der Waals surface area contributed by atoms with Crippen molar-refractivity contribution in [1.82, 2.24) is 0 Å². The molecule has 3 nitrogen and oxygen atoms in total. The number of aliphatic hydroxyl groups excluding tert-OH is 2. The van der Waals surface area contributed by atoms with Gasteiger partial charge in [-0.25, -0.2) is 0 Å². The van der Waals surface area contributed by atoms with E-state index in [0.29, 0.717) is 5.57 Å². The van der Waals surface area contributed by atoms with Gasteiger partial charge in [0.05, 0.1) is 12.7 Å². The summed E-state index contributed by atoms with van der Waals surface area (Å²) in [6, 6.07) is 0. The van der Waals surface area contributed by atoms with E-state index >= 15 is 0 Å². The molecule has 0 radical (unpaired) electrons. The van der Waals surface area contributed by atoms with E-state index in [1.165, 1.54) is 25.2 Å². The zero-order chi connectivity index (χ0) is 9.56. The van der Waals surface area contributed by atoms with Crippen LogP contribution < -0.4 is 0 Å². The van der Waals surface area contributed by atoms with Gasteiger partial charge in [-0.05, 0) is 25.5 Å². The number of hydrogen-bond acceptors (Lipinski definition) is 3. The van der Waals surface area contributed by atoms with Gasteiger partial charge in [-0.15, -0.1) is 0 Å². The van der Waals surface area contributed by atoms with Crippen molar-refractivity contribution in [3.63, 3.8) is 0 Å². The summed E-state index contributed by atoms with van der Waals surface area (Å²) in [6.45, 7) is 2.83. The average Bonchev–Trinajstić information content (AvgIpc) is 1.97. The van der Waals surface area contributed by atoms with Crippen molar-refractivity contribution in [2.75, 3.05) is 6.61 Å². The lowest BCUT2D eigenvalue weighted by molar-refractivity contribution is -0.112. The van der Waals surface area contributed by atoms with Crippen molar-refractivity contribution in [1.29, 1.82) is 0 Å². The van der Waals surface area contributed by atoms with Crippen molar-refractivity contribution >= 4 is 5.78 Å². The van der Waals surface area contributed by atoms with E-state index in [2.05, 4.69) is 0 Å². The highest BCUT2D eigenvalue weighted by Gasteiger charge is 1.93. The molecule has 0 aliphatic heterocycles. The minimum absolute atomic E-state index is 0.0834. The molecule has 0 aliphatic rings. The van der Waals surface area contributed by atoms with Gasteiger partial charge in [-0.1, -0.05) is 12.2 Å². The van der Waals surface area contributed by atoms with Crippen LogP contribution in [0.4, 0.5) is 0 Å². The molecule has 0 aromatic carbocycles. The summed E-state index contributed by atoms with van der Waals surface area (Å²) in [5, 5.41) is 17.7. The summed E-state index contributed by atoms with van der Waals surface area (Å²) < 4.78 is 0. The van der Waals surface area contributed by atoms with Crippen LogP contribution in [0.2, 0.25) is 0 Å². The summed E-state index contributed by atoms with van der Waals surface area (Å²) in [4.78, 5) is 10.5. The Kier molecular flexibility index (Phi) is 5.25. The second-order valence-electron chi connectivity index (χ2n) is 2.58. The highest BCUT2D eigenvalue weighted by atomic mass is 16.3. The molecule has 0 saturated carbocycles. The standard InChI is InChI=1S/C9H14O3/c1-7(11)3-4-9(6-10)5-8(2)12/h3-5,8,10,12H,6H2,1-2H3/b4-3+,9-5-/t8-/m0/s1. The zero-order valence-corrected chi connectivity index (χ0v) is 7.32. The van der Waals surface area contributed by atoms with Gasteiger partial charge in [0.15, 0.2) is 5.78 Å². The fraction of sp³-hybridized carbons (Fsp3) is 0.444. The van der Waals surface area contributed by atoms with E-state index in [0.717, 1.165) is 0 Å². The van der Waals surface area contributed by atoms with Crippen LogP contribution in [0.5, 0.6) is 0 Å². The normalized spacial score (nSPS) is 15.2. The van der Waals surface area contributed by atoms with E-state index in [1.807, 2.05) is 0 Å². The summed E-state index contributed by atoms with van der Waals surface area (Å²) in [7, 11) is 0. The number of aliphatic hydroxyl groups is 2. The smallest absolute Gasteiger partial charge is 0.152 e. The number of carbonyl (C=O) groups excluding carboxylic acids is 1. The van der Waals surface area contributed by atoms with Gasteiger partial charge in [-0.3, -0.25) is 4.79 Å². The molecule has 12 heavy (non-hydrogen) atoms. The van der Waals surface area contributed by atoms with Crippen LogP contribution in [-0.2, 0) is 4.79 Å². The largest absolute Gasteiger partial charge is 0.392 e. The lowest BCUT2D eigenvalue weighted by atomic mass is 10.2. The lowest BCUT2D eigenvalue weighted by Crippen LogP contribution is -1.98. The molecule has 0 unspecified atom stereocenters. The van der Waals surface area contributed by atoms with Crippen molar-refractivity contribution in [2.45, 2.75) is 20.0 Å². The Morgan fingerprint density at radius 1 is 1.50 bits per heavy atom. The molecule has 68 valence electrons. The van der Waals surface area contributed by atoms with Gasteiger partial charge < -0.3 is 10.2 Å². The van der Waals surface area contributed by atoms with Crippen LogP contribution in [0.25, 0.3) is 0 Å². The quantitative estimate of drug-likeness (QED) is 0.475. The van der Waals surface area contributed by atoms with Crippen LogP contribution >= 0.6 is 0 Å². The SMILES string of the molecule is CC(=O)/C=C/C(=C/[C@H](C)O)CO. The van der Waals surface area contributed by atoms with Gasteiger partial charge in [0, 0.05) is 0 Å². The molecule has 0 rings (SSSR count). The maximum absolute atomic E-state index is 10.5. The maximum Gasteiger partial charge on any atom is 0.152 e. The van der Waals surface area contributed by atoms with E-state index in [4.69, 9.17) is 10.2 Å². The maximum atomic E-state index is 10.5. The number of ketones is 1. The molecule has 0 bridgehead atoms. The minimum Gasteiger partial charge on any atom is -0.392 e. The van der Waals surface area contributed by atoms with Crippen molar-refractivity contribution in [3.05, 3.63) is 23.8 Å². The molecule has 0 amide bonds. The van der Waals surface area contributed by atoms with Crippen LogP contribution in [0.15, 0.2) is 23.8 Å². The first-order valence-corrected chi connectivity index (χ1v) is 3.74. The molecule has 0 aliphatic carbocycles. The molecule has 0 saturated heterocycles. The molecule has 3 heteroatoms. The van der Waals surface area contributed by atoms with Crippen LogP contribution in [0.1, 0.15) is 13.8 Å². The number of hydrogen-bond donors (Lipinski definition) is 2. The van der Waals surface area contributed by atoms with Crippen LogP contribution in [0, 0.1) is 0 Å². The summed E-state index contributed by atoms with van der Waals surface area (Å²) in [5.41, 5.74) is 0.542.